The van der Waals surface area contributed by atoms with Crippen LogP contribution in [-0.2, 0) is 0 Å². The number of hydrogen-bond donors (Lipinski definition) is 0. The van der Waals surface area contributed by atoms with Crippen LogP contribution >= 0.6 is 31.9 Å². The molecule has 0 atom stereocenters. The van der Waals surface area contributed by atoms with Gasteiger partial charge in [-0.15, -0.1) is 0 Å². The molecule has 0 radical (unpaired) electrons. The summed E-state index contributed by atoms with van der Waals surface area (Å²) in [5.74, 6) is 0. The second-order valence-electron chi connectivity index (χ2n) is 8.60. The highest BCUT2D eigenvalue weighted by molar-refractivity contribution is 9.11. The van der Waals surface area contributed by atoms with Gasteiger partial charge in [0.2, 0.25) is 6.71 Å². The first-order valence-electron chi connectivity index (χ1n) is 10.3. The molecule has 0 nitrogen and oxygen atoms in total. The van der Waals surface area contributed by atoms with Crippen molar-refractivity contribution in [3.05, 3.63) is 86.3 Å². The maximum Gasteiger partial charge on any atom is 0.243 e. The molecule has 1 aliphatic heterocycles. The molecule has 0 aliphatic carbocycles. The van der Waals surface area contributed by atoms with Gasteiger partial charge in [0.25, 0.3) is 0 Å². The van der Waals surface area contributed by atoms with Gasteiger partial charge < -0.3 is 0 Å². The predicted molar refractivity (Wildman–Crippen MR) is 140 cm³/mol. The fourth-order valence-corrected chi connectivity index (χ4v) is 6.88. The van der Waals surface area contributed by atoms with Gasteiger partial charge in [0.1, 0.15) is 0 Å². The Morgan fingerprint density at radius 3 is 1.63 bits per heavy atom. The Labute approximate surface area is 193 Å². The van der Waals surface area contributed by atoms with E-state index in [-0.39, 0.29) is 6.71 Å². The Bertz CT molecular complexity index is 1440. The summed E-state index contributed by atoms with van der Waals surface area (Å²) in [7, 11) is 0. The van der Waals surface area contributed by atoms with Gasteiger partial charge in [-0.2, -0.15) is 0 Å². The Hall–Kier alpha value is -2.10. The van der Waals surface area contributed by atoms with Gasteiger partial charge >= 0.3 is 0 Å². The molecule has 1 aliphatic rings. The molecule has 5 aromatic rings. The van der Waals surface area contributed by atoms with Crippen LogP contribution in [0.2, 0.25) is 0 Å². The van der Waals surface area contributed by atoms with E-state index in [1.807, 2.05) is 0 Å². The molecular formula is C27H19BBr2. The van der Waals surface area contributed by atoms with E-state index in [9.17, 15) is 0 Å². The predicted octanol–water partition coefficient (Wildman–Crippen LogP) is 6.43. The van der Waals surface area contributed by atoms with Crippen molar-refractivity contribution >= 4 is 87.3 Å². The lowest BCUT2D eigenvalue weighted by molar-refractivity contribution is 1.35. The van der Waals surface area contributed by atoms with Crippen LogP contribution in [0.25, 0.3) is 32.3 Å². The monoisotopic (exact) mass is 512 g/mol. The van der Waals surface area contributed by atoms with E-state index in [2.05, 4.69) is 113 Å². The summed E-state index contributed by atoms with van der Waals surface area (Å²) in [6, 6.07) is 22.8. The fraction of sp³-hybridized carbons (Fsp3) is 0.111. The first-order valence-corrected chi connectivity index (χ1v) is 11.9. The zero-order valence-corrected chi connectivity index (χ0v) is 20.3. The number of rotatable bonds is 1. The van der Waals surface area contributed by atoms with Crippen LogP contribution in [-0.4, -0.2) is 6.71 Å². The van der Waals surface area contributed by atoms with E-state index >= 15 is 0 Å². The zero-order chi connectivity index (χ0) is 20.7. The van der Waals surface area contributed by atoms with Crippen molar-refractivity contribution in [3.63, 3.8) is 0 Å². The van der Waals surface area contributed by atoms with Gasteiger partial charge in [-0.05, 0) is 65.2 Å². The number of hydrogen-bond acceptors (Lipinski definition) is 0. The summed E-state index contributed by atoms with van der Waals surface area (Å²) >= 11 is 7.72. The van der Waals surface area contributed by atoms with E-state index in [0.29, 0.717) is 0 Å². The fourth-order valence-electron chi connectivity index (χ4n) is 5.73. The van der Waals surface area contributed by atoms with Gasteiger partial charge in [-0.25, -0.2) is 0 Å². The number of halogens is 2. The van der Waals surface area contributed by atoms with Crippen LogP contribution in [0.15, 0.2) is 69.6 Å². The maximum atomic E-state index is 3.86. The molecular weight excluding hydrogens is 495 g/mol. The molecule has 0 bridgehead atoms. The minimum absolute atomic E-state index is 0.234. The second-order valence-corrected chi connectivity index (χ2v) is 10.3. The van der Waals surface area contributed by atoms with Crippen molar-refractivity contribution in [2.75, 3.05) is 0 Å². The summed E-state index contributed by atoms with van der Waals surface area (Å²) < 4.78 is 2.32. The molecule has 0 aromatic heterocycles. The highest BCUT2D eigenvalue weighted by atomic mass is 79.9. The van der Waals surface area contributed by atoms with Crippen LogP contribution in [0.5, 0.6) is 0 Å². The minimum Gasteiger partial charge on any atom is -0.0663 e. The standard InChI is InChI=1S/C27H19BBr2/c1-14-10-15(2)27(16(3)11-14)28-20-8-4-6-18-22(29)12-17-13-23(30)19-7-5-9-21(28)26(19)24(17)25(18)20/h4-13H,1-3H3. The Morgan fingerprint density at radius 1 is 0.633 bits per heavy atom. The average molecular weight is 514 g/mol. The van der Waals surface area contributed by atoms with Crippen LogP contribution in [0.4, 0.5) is 0 Å². The summed E-state index contributed by atoms with van der Waals surface area (Å²) in [6.45, 7) is 6.96. The minimum atomic E-state index is 0.234. The topological polar surface area (TPSA) is 0 Å². The van der Waals surface area contributed by atoms with Crippen molar-refractivity contribution in [3.8, 4) is 0 Å². The molecule has 1 heterocycles. The lowest BCUT2D eigenvalue weighted by atomic mass is 9.33. The van der Waals surface area contributed by atoms with E-state index in [0.717, 1.165) is 8.95 Å². The third-order valence-electron chi connectivity index (χ3n) is 6.71. The van der Waals surface area contributed by atoms with Crippen LogP contribution in [0.1, 0.15) is 16.7 Å². The van der Waals surface area contributed by atoms with Crippen molar-refractivity contribution in [1.29, 1.82) is 0 Å². The van der Waals surface area contributed by atoms with Crippen molar-refractivity contribution < 1.29 is 0 Å². The second kappa shape index (κ2) is 6.45. The lowest BCUT2D eigenvalue weighted by Crippen LogP contribution is -2.55. The Morgan fingerprint density at radius 2 is 1.13 bits per heavy atom. The largest absolute Gasteiger partial charge is 0.243 e. The van der Waals surface area contributed by atoms with Gasteiger partial charge in [0.15, 0.2) is 0 Å². The third-order valence-corrected chi connectivity index (χ3v) is 8.02. The quantitative estimate of drug-likeness (QED) is 0.176. The average Bonchev–Trinajstić information content (AvgIpc) is 2.70. The molecule has 0 unspecified atom stereocenters. The van der Waals surface area contributed by atoms with Crippen molar-refractivity contribution in [2.45, 2.75) is 20.8 Å². The highest BCUT2D eigenvalue weighted by Gasteiger charge is 2.33. The molecule has 144 valence electrons. The smallest absolute Gasteiger partial charge is 0.0663 e. The Balaban J connectivity index is 1.91. The van der Waals surface area contributed by atoms with E-state index in [4.69, 9.17) is 0 Å². The molecule has 6 rings (SSSR count). The first kappa shape index (κ1) is 18.7. The van der Waals surface area contributed by atoms with Gasteiger partial charge in [-0.1, -0.05) is 113 Å². The molecule has 0 N–H and O–H groups in total. The molecule has 0 amide bonds. The summed E-state index contributed by atoms with van der Waals surface area (Å²) in [4.78, 5) is 0. The molecule has 3 heteroatoms. The molecule has 30 heavy (non-hydrogen) atoms. The third kappa shape index (κ3) is 2.40. The van der Waals surface area contributed by atoms with E-state index in [1.165, 1.54) is 65.4 Å². The van der Waals surface area contributed by atoms with E-state index in [1.54, 1.807) is 0 Å². The number of benzene rings is 5. The highest BCUT2D eigenvalue weighted by Crippen LogP contribution is 2.40. The normalized spacial score (nSPS) is 12.8. The molecule has 0 saturated heterocycles. The van der Waals surface area contributed by atoms with Crippen LogP contribution < -0.4 is 16.4 Å². The Kier molecular flexibility index (Phi) is 4.01. The molecule has 5 aromatic carbocycles. The van der Waals surface area contributed by atoms with Gasteiger partial charge in [0, 0.05) is 8.95 Å². The van der Waals surface area contributed by atoms with Crippen molar-refractivity contribution in [2.24, 2.45) is 0 Å². The summed E-state index contributed by atoms with van der Waals surface area (Å²) in [5, 5.41) is 8.04. The van der Waals surface area contributed by atoms with Gasteiger partial charge in [0.05, 0.1) is 0 Å². The molecule has 0 fully saturated rings. The summed E-state index contributed by atoms with van der Waals surface area (Å²) in [5.41, 5.74) is 8.34. The molecule has 0 spiro atoms. The maximum absolute atomic E-state index is 3.86. The van der Waals surface area contributed by atoms with E-state index < -0.39 is 0 Å². The van der Waals surface area contributed by atoms with Crippen LogP contribution in [0, 0.1) is 20.8 Å². The lowest BCUT2D eigenvalue weighted by Gasteiger charge is -2.29. The zero-order valence-electron chi connectivity index (χ0n) is 17.1. The van der Waals surface area contributed by atoms with Crippen molar-refractivity contribution in [1.82, 2.24) is 0 Å². The first-order chi connectivity index (χ1) is 14.5. The summed E-state index contributed by atoms with van der Waals surface area (Å²) in [6.07, 6.45) is 0. The van der Waals surface area contributed by atoms with Crippen LogP contribution in [0.3, 0.4) is 0 Å². The number of aryl methyl sites for hydroxylation is 3. The van der Waals surface area contributed by atoms with Gasteiger partial charge in [-0.3, -0.25) is 0 Å². The SMILES string of the molecule is Cc1cc(C)c(B2c3cccc4c(Br)cc5cc(Br)c6cccc2c6c5c34)c(C)c1. The molecule has 0 saturated carbocycles.